The Morgan fingerprint density at radius 1 is 0.929 bits per heavy atom. The first-order chi connectivity index (χ1) is 13.3. The predicted molar refractivity (Wildman–Crippen MR) is 109 cm³/mol. The second-order valence-corrected chi connectivity index (χ2v) is 6.56. The van der Waals surface area contributed by atoms with Crippen molar-refractivity contribution in [2.45, 2.75) is 39.4 Å². The van der Waals surface area contributed by atoms with E-state index in [1.807, 2.05) is 12.1 Å². The topological polar surface area (TPSA) is 95.1 Å². The fourth-order valence-corrected chi connectivity index (χ4v) is 2.68. The summed E-state index contributed by atoms with van der Waals surface area (Å²) in [6, 6.07) is 7.30. The number of carbonyl (C=O) groups excluding carboxylic acids is 1. The van der Waals surface area contributed by atoms with Crippen molar-refractivity contribution in [3.63, 3.8) is 0 Å². The lowest BCUT2D eigenvalue weighted by molar-refractivity contribution is -0.116. The van der Waals surface area contributed by atoms with Crippen molar-refractivity contribution in [3.8, 4) is 0 Å². The van der Waals surface area contributed by atoms with Crippen LogP contribution in [0.3, 0.4) is 0 Å². The Hall–Kier alpha value is -3.42. The van der Waals surface area contributed by atoms with Gasteiger partial charge in [0.25, 0.3) is 0 Å². The third kappa shape index (κ3) is 4.46. The highest BCUT2D eigenvalue weighted by atomic mass is 16.2. The Bertz CT molecular complexity index is 1010. The number of aromatic nitrogens is 3. The monoisotopic (exact) mass is 384 g/mol. The molecular weight excluding hydrogens is 360 g/mol. The van der Waals surface area contributed by atoms with Gasteiger partial charge in [0.2, 0.25) is 5.91 Å². The van der Waals surface area contributed by atoms with Crippen molar-refractivity contribution in [3.05, 3.63) is 86.6 Å². The molecular formula is C20H24N4O4. The molecule has 0 aliphatic rings. The van der Waals surface area contributed by atoms with Gasteiger partial charge in [0.1, 0.15) is 6.54 Å². The van der Waals surface area contributed by atoms with Gasteiger partial charge in [-0.2, -0.15) is 0 Å². The largest absolute Gasteiger partial charge is 0.337 e. The zero-order chi connectivity index (χ0) is 20.8. The normalized spacial score (nSPS) is 10.7. The minimum absolute atomic E-state index is 0.0760. The highest BCUT2D eigenvalue weighted by Gasteiger charge is 2.16. The van der Waals surface area contributed by atoms with E-state index in [1.54, 1.807) is 12.1 Å². The zero-order valence-electron chi connectivity index (χ0n) is 16.1. The molecule has 0 bridgehead atoms. The van der Waals surface area contributed by atoms with Gasteiger partial charge in [0.15, 0.2) is 0 Å². The average Bonchev–Trinajstić information content (AvgIpc) is 2.66. The van der Waals surface area contributed by atoms with Crippen LogP contribution in [0.15, 0.2) is 64.0 Å². The quantitative estimate of drug-likeness (QED) is 0.694. The maximum atomic E-state index is 12.5. The van der Waals surface area contributed by atoms with Gasteiger partial charge in [-0.1, -0.05) is 38.1 Å². The van der Waals surface area contributed by atoms with Crippen molar-refractivity contribution in [2.75, 3.05) is 5.32 Å². The Labute approximate surface area is 162 Å². The maximum absolute atomic E-state index is 12.5. The van der Waals surface area contributed by atoms with E-state index in [2.05, 4.69) is 32.3 Å². The third-order valence-corrected chi connectivity index (χ3v) is 4.17. The van der Waals surface area contributed by atoms with Crippen molar-refractivity contribution >= 4 is 11.6 Å². The first-order valence-corrected chi connectivity index (χ1v) is 8.86. The molecule has 0 aliphatic heterocycles. The number of anilines is 1. The van der Waals surface area contributed by atoms with E-state index in [9.17, 15) is 19.2 Å². The molecule has 2 rings (SSSR count). The summed E-state index contributed by atoms with van der Waals surface area (Å²) < 4.78 is 2.43. The van der Waals surface area contributed by atoms with E-state index in [4.69, 9.17) is 0 Å². The molecule has 0 spiro atoms. The fourth-order valence-electron chi connectivity index (χ4n) is 2.68. The summed E-state index contributed by atoms with van der Waals surface area (Å²) in [4.78, 5) is 49.8. The Morgan fingerprint density at radius 3 is 1.82 bits per heavy atom. The molecule has 2 aromatic rings. The van der Waals surface area contributed by atoms with Gasteiger partial charge < -0.3 is 5.32 Å². The minimum atomic E-state index is -0.861. The number of nitrogens with zero attached hydrogens (tertiary/aromatic N) is 3. The minimum Gasteiger partial charge on any atom is -0.325 e. The predicted octanol–water partition coefficient (Wildman–Crippen LogP) is 1.31. The Balaban J connectivity index is 2.36. The van der Waals surface area contributed by atoms with Crippen LogP contribution >= 0.6 is 0 Å². The summed E-state index contributed by atoms with van der Waals surface area (Å²) in [5.41, 5.74) is -0.817. The van der Waals surface area contributed by atoms with Gasteiger partial charge in [0, 0.05) is 5.69 Å². The molecule has 1 amide bonds. The van der Waals surface area contributed by atoms with E-state index < -0.39 is 29.5 Å². The van der Waals surface area contributed by atoms with Gasteiger partial charge in [-0.3, -0.25) is 4.79 Å². The maximum Gasteiger partial charge on any atom is 0.337 e. The summed E-state index contributed by atoms with van der Waals surface area (Å²) in [5.74, 6) is -0.192. The summed E-state index contributed by atoms with van der Waals surface area (Å²) in [6.45, 7) is 10.5. The summed E-state index contributed by atoms with van der Waals surface area (Å²) in [5, 5.41) is 2.65. The molecule has 0 fully saturated rings. The molecule has 1 heterocycles. The number of benzene rings is 1. The summed E-state index contributed by atoms with van der Waals surface area (Å²) in [7, 11) is 0. The van der Waals surface area contributed by atoms with Crippen LogP contribution in [0.5, 0.6) is 0 Å². The van der Waals surface area contributed by atoms with E-state index in [0.717, 1.165) is 19.3 Å². The lowest BCUT2D eigenvalue weighted by Crippen LogP contribution is -2.55. The van der Waals surface area contributed by atoms with E-state index in [0.29, 0.717) is 11.6 Å². The second kappa shape index (κ2) is 8.98. The van der Waals surface area contributed by atoms with Gasteiger partial charge in [-0.15, -0.1) is 13.2 Å². The molecule has 1 N–H and O–H groups in total. The van der Waals surface area contributed by atoms with Crippen molar-refractivity contribution in [1.29, 1.82) is 0 Å². The molecule has 1 aromatic heterocycles. The molecule has 28 heavy (non-hydrogen) atoms. The number of nitrogens with one attached hydrogen (secondary N) is 1. The van der Waals surface area contributed by atoms with Crippen molar-refractivity contribution in [2.24, 2.45) is 0 Å². The Morgan fingerprint density at radius 2 is 1.39 bits per heavy atom. The number of hydrogen-bond donors (Lipinski definition) is 1. The van der Waals surface area contributed by atoms with Crippen LogP contribution in [0.1, 0.15) is 25.3 Å². The van der Waals surface area contributed by atoms with E-state index in [1.165, 1.54) is 12.2 Å². The number of rotatable bonds is 8. The lowest BCUT2D eigenvalue weighted by atomic mass is 10.0. The van der Waals surface area contributed by atoms with Crippen LogP contribution in [-0.2, 0) is 24.4 Å². The smallest absolute Gasteiger partial charge is 0.325 e. The second-order valence-electron chi connectivity index (χ2n) is 6.56. The molecule has 0 aliphatic carbocycles. The first kappa shape index (κ1) is 20.9. The van der Waals surface area contributed by atoms with Gasteiger partial charge >= 0.3 is 17.1 Å². The fraction of sp³-hybridized carbons (Fsp3) is 0.300. The van der Waals surface area contributed by atoms with Crippen molar-refractivity contribution < 1.29 is 4.79 Å². The Kier molecular flexibility index (Phi) is 6.70. The SMILES string of the molecule is C=CCn1c(=O)n(CC=C)c(=O)n(CC(=O)Nc2ccc(C(C)C)cc2)c1=O. The van der Waals surface area contributed by atoms with E-state index in [-0.39, 0.29) is 13.1 Å². The molecule has 0 radical (unpaired) electrons. The van der Waals surface area contributed by atoms with E-state index >= 15 is 0 Å². The molecule has 8 nitrogen and oxygen atoms in total. The molecule has 0 saturated carbocycles. The molecule has 1 aromatic carbocycles. The summed E-state index contributed by atoms with van der Waals surface area (Å²) in [6.07, 6.45) is 2.73. The van der Waals surface area contributed by atoms with Crippen LogP contribution in [0.25, 0.3) is 0 Å². The molecule has 0 saturated heterocycles. The third-order valence-electron chi connectivity index (χ3n) is 4.17. The highest BCUT2D eigenvalue weighted by molar-refractivity contribution is 5.90. The molecule has 0 unspecified atom stereocenters. The standard InChI is InChI=1S/C20H24N4O4/c1-5-11-22-18(26)23(12-6-2)20(28)24(19(22)27)13-17(25)21-16-9-7-15(8-10-16)14(3)4/h5-10,14H,1-2,11-13H2,3-4H3,(H,21,25). The molecule has 148 valence electrons. The van der Waals surface area contributed by atoms with Crippen LogP contribution in [0, 0.1) is 0 Å². The molecule has 8 heteroatoms. The average molecular weight is 384 g/mol. The van der Waals surface area contributed by atoms with Crippen LogP contribution < -0.4 is 22.4 Å². The van der Waals surface area contributed by atoms with Crippen molar-refractivity contribution in [1.82, 2.24) is 13.7 Å². The number of hydrogen-bond acceptors (Lipinski definition) is 4. The first-order valence-electron chi connectivity index (χ1n) is 8.86. The number of allylic oxidation sites excluding steroid dienone is 2. The summed E-state index contributed by atoms with van der Waals surface area (Å²) >= 11 is 0. The van der Waals surface area contributed by atoms with Crippen LogP contribution in [-0.4, -0.2) is 19.6 Å². The van der Waals surface area contributed by atoms with Gasteiger partial charge in [-0.05, 0) is 23.6 Å². The van der Waals surface area contributed by atoms with Crippen LogP contribution in [0.4, 0.5) is 5.69 Å². The highest BCUT2D eigenvalue weighted by Crippen LogP contribution is 2.16. The van der Waals surface area contributed by atoms with Crippen LogP contribution in [0.2, 0.25) is 0 Å². The zero-order valence-corrected chi connectivity index (χ0v) is 16.1. The molecule has 0 atom stereocenters. The van der Waals surface area contributed by atoms with Gasteiger partial charge in [-0.25, -0.2) is 28.1 Å². The number of amides is 1. The number of carbonyl (C=O) groups is 1. The lowest BCUT2D eigenvalue weighted by Gasteiger charge is -2.12. The van der Waals surface area contributed by atoms with Gasteiger partial charge in [0.05, 0.1) is 13.1 Å².